The maximum Gasteiger partial charge on any atom is 0.334 e. The zero-order chi connectivity index (χ0) is 32.1. The average molecular weight is 611 g/mol. The topological polar surface area (TPSA) is 86.0 Å². The molecule has 1 saturated heterocycles. The first-order chi connectivity index (χ1) is 21.5. The van der Waals surface area contributed by atoms with Crippen molar-refractivity contribution < 1.29 is 28.6 Å². The van der Waals surface area contributed by atoms with Crippen LogP contribution in [-0.4, -0.2) is 35.9 Å². The molecule has 2 heterocycles. The van der Waals surface area contributed by atoms with Gasteiger partial charge in [0.25, 0.3) is 0 Å². The van der Waals surface area contributed by atoms with Gasteiger partial charge in [0.1, 0.15) is 18.0 Å². The lowest BCUT2D eigenvalue weighted by molar-refractivity contribution is -0.169. The number of allylic oxidation sites excluding steroid dienone is 1. The van der Waals surface area contributed by atoms with Crippen molar-refractivity contribution in [3.05, 3.63) is 82.1 Å². The van der Waals surface area contributed by atoms with E-state index in [0.29, 0.717) is 42.6 Å². The Bertz CT molecular complexity index is 1600. The number of hydrogen-bond donors (Lipinski definition) is 1. The van der Waals surface area contributed by atoms with Crippen molar-refractivity contribution in [3.8, 4) is 11.8 Å². The SMILES string of the molecule is Cc1ccc(C#Cc2ccc3oc4c(c3c2)CC[C@@H](C(=O)OC[C@]2(CO)C/C(=C\CC(CC(C)C)CC(C)C)C(=O)O2)C4)cc1. The molecule has 0 spiro atoms. The van der Waals surface area contributed by atoms with E-state index in [9.17, 15) is 14.7 Å². The fourth-order valence-electron chi connectivity index (χ4n) is 6.68. The van der Waals surface area contributed by atoms with E-state index in [1.54, 1.807) is 0 Å². The van der Waals surface area contributed by atoms with E-state index in [1.165, 1.54) is 5.56 Å². The average Bonchev–Trinajstić information content (AvgIpc) is 3.54. The van der Waals surface area contributed by atoms with Gasteiger partial charge in [0.15, 0.2) is 5.60 Å². The Morgan fingerprint density at radius 3 is 2.44 bits per heavy atom. The van der Waals surface area contributed by atoms with Gasteiger partial charge >= 0.3 is 11.9 Å². The Balaban J connectivity index is 1.20. The Hall–Kier alpha value is -3.82. The molecule has 2 aromatic carbocycles. The second-order valence-electron chi connectivity index (χ2n) is 13.9. The minimum Gasteiger partial charge on any atom is -0.461 e. The summed E-state index contributed by atoms with van der Waals surface area (Å²) in [5, 5.41) is 11.3. The number of esters is 2. The van der Waals surface area contributed by atoms with E-state index in [-0.39, 0.29) is 24.9 Å². The molecule has 3 aromatic rings. The van der Waals surface area contributed by atoms with Crippen molar-refractivity contribution in [2.45, 2.75) is 85.2 Å². The minimum absolute atomic E-state index is 0.167. The molecule has 2 atom stereocenters. The van der Waals surface area contributed by atoms with Gasteiger partial charge in [0, 0.05) is 40.5 Å². The van der Waals surface area contributed by atoms with Gasteiger partial charge in [-0.2, -0.15) is 0 Å². The lowest BCUT2D eigenvalue weighted by Crippen LogP contribution is -2.40. The van der Waals surface area contributed by atoms with Crippen molar-refractivity contribution >= 4 is 22.9 Å². The van der Waals surface area contributed by atoms with Gasteiger partial charge in [-0.05, 0) is 87.1 Å². The number of benzene rings is 2. The molecule has 1 N–H and O–H groups in total. The van der Waals surface area contributed by atoms with E-state index in [2.05, 4.69) is 64.7 Å². The zero-order valence-electron chi connectivity index (χ0n) is 27.3. The van der Waals surface area contributed by atoms with Gasteiger partial charge in [0.2, 0.25) is 0 Å². The van der Waals surface area contributed by atoms with Crippen LogP contribution in [0.25, 0.3) is 11.0 Å². The number of cyclic esters (lactones) is 1. The number of aliphatic hydroxyl groups is 1. The first-order valence-corrected chi connectivity index (χ1v) is 16.4. The summed E-state index contributed by atoms with van der Waals surface area (Å²) in [6, 6.07) is 14.1. The lowest BCUT2D eigenvalue weighted by atomic mass is 9.86. The first-order valence-electron chi connectivity index (χ1n) is 16.4. The highest BCUT2D eigenvalue weighted by Crippen LogP contribution is 2.37. The van der Waals surface area contributed by atoms with Crippen LogP contribution in [0, 0.1) is 42.4 Å². The highest BCUT2D eigenvalue weighted by Gasteiger charge is 2.45. The van der Waals surface area contributed by atoms with Crippen LogP contribution in [-0.2, 0) is 31.9 Å². The van der Waals surface area contributed by atoms with Gasteiger partial charge in [0.05, 0.1) is 12.5 Å². The molecule has 0 amide bonds. The number of aliphatic hydroxyl groups excluding tert-OH is 1. The third-order valence-electron chi connectivity index (χ3n) is 8.94. The second-order valence-corrected chi connectivity index (χ2v) is 13.9. The van der Waals surface area contributed by atoms with E-state index >= 15 is 0 Å². The Morgan fingerprint density at radius 2 is 1.76 bits per heavy atom. The number of ether oxygens (including phenoxy) is 2. The molecular formula is C39H46O6. The summed E-state index contributed by atoms with van der Waals surface area (Å²) in [6.45, 7) is 10.4. The lowest BCUT2D eigenvalue weighted by Gasteiger charge is -2.26. The molecule has 5 rings (SSSR count). The monoisotopic (exact) mass is 610 g/mol. The van der Waals surface area contributed by atoms with Gasteiger partial charge in [-0.3, -0.25) is 4.79 Å². The summed E-state index contributed by atoms with van der Waals surface area (Å²) in [5.41, 5.74) is 4.31. The number of carbonyl (C=O) groups is 2. The molecule has 2 aliphatic rings. The Morgan fingerprint density at radius 1 is 1.07 bits per heavy atom. The van der Waals surface area contributed by atoms with E-state index in [4.69, 9.17) is 13.9 Å². The number of hydrogen-bond acceptors (Lipinski definition) is 6. The molecule has 1 aliphatic carbocycles. The number of furan rings is 1. The summed E-state index contributed by atoms with van der Waals surface area (Å²) in [7, 11) is 0. The molecule has 0 bridgehead atoms. The van der Waals surface area contributed by atoms with Crippen LogP contribution < -0.4 is 0 Å². The summed E-state index contributed by atoms with van der Waals surface area (Å²) in [5.74, 6) is 7.77. The molecule has 238 valence electrons. The van der Waals surface area contributed by atoms with Crippen LogP contribution in [0.4, 0.5) is 0 Å². The second kappa shape index (κ2) is 14.1. The van der Waals surface area contributed by atoms with Crippen LogP contribution in [0.5, 0.6) is 0 Å². The van der Waals surface area contributed by atoms with Crippen molar-refractivity contribution in [2.75, 3.05) is 13.2 Å². The van der Waals surface area contributed by atoms with Gasteiger partial charge < -0.3 is 19.0 Å². The third kappa shape index (κ3) is 8.07. The molecule has 1 fully saturated rings. The number of aryl methyl sites for hydroxylation is 2. The summed E-state index contributed by atoms with van der Waals surface area (Å²) >= 11 is 0. The van der Waals surface area contributed by atoms with Crippen LogP contribution in [0.15, 0.2) is 58.5 Å². The van der Waals surface area contributed by atoms with Gasteiger partial charge in [-0.1, -0.05) is 63.3 Å². The predicted octanol–water partition coefficient (Wildman–Crippen LogP) is 7.49. The fourth-order valence-corrected chi connectivity index (χ4v) is 6.68. The van der Waals surface area contributed by atoms with Crippen molar-refractivity contribution in [1.29, 1.82) is 0 Å². The third-order valence-corrected chi connectivity index (χ3v) is 8.94. The summed E-state index contributed by atoms with van der Waals surface area (Å²) in [4.78, 5) is 26.0. The molecule has 0 radical (unpaired) electrons. The van der Waals surface area contributed by atoms with Crippen molar-refractivity contribution in [1.82, 2.24) is 0 Å². The van der Waals surface area contributed by atoms with Crippen LogP contribution >= 0.6 is 0 Å². The van der Waals surface area contributed by atoms with E-state index < -0.39 is 18.2 Å². The summed E-state index contributed by atoms with van der Waals surface area (Å²) in [6.07, 6.45) is 6.96. The van der Waals surface area contributed by atoms with Crippen molar-refractivity contribution in [3.63, 3.8) is 0 Å². The first kappa shape index (κ1) is 32.6. The minimum atomic E-state index is -1.24. The maximum atomic E-state index is 13.2. The van der Waals surface area contributed by atoms with Crippen LogP contribution in [0.1, 0.15) is 87.8 Å². The molecule has 6 heteroatoms. The Labute approximate surface area is 267 Å². The molecule has 6 nitrogen and oxygen atoms in total. The Kier molecular flexibility index (Phi) is 10.2. The normalized spacial score (nSPS) is 20.5. The summed E-state index contributed by atoms with van der Waals surface area (Å²) < 4.78 is 17.5. The quantitative estimate of drug-likeness (QED) is 0.145. The van der Waals surface area contributed by atoms with Crippen LogP contribution in [0.2, 0.25) is 0 Å². The number of fused-ring (bicyclic) bond motifs is 3. The molecule has 1 aromatic heterocycles. The maximum absolute atomic E-state index is 13.2. The largest absolute Gasteiger partial charge is 0.461 e. The predicted molar refractivity (Wildman–Crippen MR) is 175 cm³/mol. The smallest absolute Gasteiger partial charge is 0.334 e. The highest BCUT2D eigenvalue weighted by atomic mass is 16.6. The highest BCUT2D eigenvalue weighted by molar-refractivity contribution is 5.91. The number of rotatable bonds is 10. The van der Waals surface area contributed by atoms with E-state index in [1.807, 2.05) is 30.3 Å². The van der Waals surface area contributed by atoms with E-state index in [0.717, 1.165) is 52.7 Å². The fraction of sp³-hybridized carbons (Fsp3) is 0.487. The molecule has 0 saturated carbocycles. The molecule has 0 unspecified atom stereocenters. The molecular weight excluding hydrogens is 564 g/mol. The number of carbonyl (C=O) groups excluding carboxylic acids is 2. The van der Waals surface area contributed by atoms with Gasteiger partial charge in [-0.25, -0.2) is 4.79 Å². The van der Waals surface area contributed by atoms with Crippen LogP contribution in [0.3, 0.4) is 0 Å². The molecule has 45 heavy (non-hydrogen) atoms. The molecule has 1 aliphatic heterocycles. The van der Waals surface area contributed by atoms with Crippen molar-refractivity contribution in [2.24, 2.45) is 23.7 Å². The standard InChI is InChI=1S/C39H46O6/c1-25(2)18-30(19-26(3)4)12-14-32-22-39(23-40,45-38(32)42)24-43-37(41)31-15-16-33-34-20-29(13-17-35(34)44-36(33)21-31)11-10-28-8-6-27(5)7-9-28/h6-9,13-14,17,20,25-26,30-31,40H,12,15-16,18-19,21-24H2,1-5H3/b32-14+/t31-,39-/m1/s1. The zero-order valence-corrected chi connectivity index (χ0v) is 27.3. The van der Waals surface area contributed by atoms with Gasteiger partial charge in [-0.15, -0.1) is 0 Å².